The van der Waals surface area contributed by atoms with Gasteiger partial charge in [-0.2, -0.15) is 0 Å². The minimum atomic E-state index is -0.860. The molecule has 1 rings (SSSR count). The number of amides is 2. The topological polar surface area (TPSA) is 90.7 Å². The second-order valence-electron chi connectivity index (χ2n) is 4.52. The van der Waals surface area contributed by atoms with E-state index in [4.69, 9.17) is 15.2 Å². The van der Waals surface area contributed by atoms with Crippen molar-refractivity contribution in [2.45, 2.75) is 25.9 Å². The van der Waals surface area contributed by atoms with Crippen LogP contribution in [0.3, 0.4) is 0 Å². The van der Waals surface area contributed by atoms with E-state index in [1.165, 1.54) is 7.11 Å². The fraction of sp³-hybridized carbons (Fsp3) is 0.429. The second-order valence-corrected chi connectivity index (χ2v) is 4.52. The lowest BCUT2D eigenvalue weighted by molar-refractivity contribution is -0.136. The lowest BCUT2D eigenvalue weighted by Gasteiger charge is -2.25. The van der Waals surface area contributed by atoms with Gasteiger partial charge in [0.1, 0.15) is 11.4 Å². The molecule has 0 aliphatic carbocycles. The number of nitrogens with two attached hydrogens (primary N) is 1. The molecule has 3 N–H and O–H groups in total. The van der Waals surface area contributed by atoms with Crippen molar-refractivity contribution in [3.8, 4) is 5.75 Å². The van der Waals surface area contributed by atoms with E-state index in [0.717, 1.165) is 0 Å². The van der Waals surface area contributed by atoms with Gasteiger partial charge >= 0.3 is 0 Å². The fourth-order valence-electron chi connectivity index (χ4n) is 1.45. The molecule has 6 heteroatoms. The van der Waals surface area contributed by atoms with Gasteiger partial charge in [0.05, 0.1) is 0 Å². The first-order valence-electron chi connectivity index (χ1n) is 6.29. The molecular weight excluding hydrogens is 260 g/mol. The Morgan fingerprint density at radius 3 is 2.35 bits per heavy atom. The minimum absolute atomic E-state index is 0.177. The molecule has 0 fully saturated rings. The normalized spacial score (nSPS) is 13.3. The Bertz CT molecular complexity index is 467. The average Bonchev–Trinajstić information content (AvgIpc) is 2.45. The largest absolute Gasteiger partial charge is 0.484 e. The highest BCUT2D eigenvalue weighted by molar-refractivity contribution is 5.97. The maximum Gasteiger partial charge on any atom is 0.256 e. The summed E-state index contributed by atoms with van der Waals surface area (Å²) in [5.74, 6) is -0.249. The Hall–Kier alpha value is -2.08. The Morgan fingerprint density at radius 1 is 1.30 bits per heavy atom. The summed E-state index contributed by atoms with van der Waals surface area (Å²) in [5.41, 5.74) is 4.74. The molecule has 0 aromatic heterocycles. The van der Waals surface area contributed by atoms with E-state index in [1.807, 2.05) is 6.92 Å². The molecule has 6 nitrogen and oxygen atoms in total. The molecule has 0 saturated heterocycles. The van der Waals surface area contributed by atoms with E-state index < -0.39 is 11.5 Å². The number of hydrogen-bond acceptors (Lipinski definition) is 4. The van der Waals surface area contributed by atoms with Crippen LogP contribution in [-0.4, -0.2) is 31.1 Å². The number of carbonyl (C=O) groups is 2. The summed E-state index contributed by atoms with van der Waals surface area (Å²) in [4.78, 5) is 22.7. The molecule has 1 atom stereocenters. The van der Waals surface area contributed by atoms with Crippen LogP contribution in [-0.2, 0) is 14.3 Å². The van der Waals surface area contributed by atoms with Crippen LogP contribution in [0.4, 0.5) is 5.69 Å². The molecule has 110 valence electrons. The summed E-state index contributed by atoms with van der Waals surface area (Å²) in [6.45, 7) is 3.43. The van der Waals surface area contributed by atoms with E-state index in [2.05, 4.69) is 5.32 Å². The molecule has 0 bridgehead atoms. The third kappa shape index (κ3) is 4.24. The van der Waals surface area contributed by atoms with Crippen LogP contribution in [0.5, 0.6) is 5.75 Å². The van der Waals surface area contributed by atoms with Gasteiger partial charge in [-0.15, -0.1) is 0 Å². The van der Waals surface area contributed by atoms with Crippen LogP contribution in [0.15, 0.2) is 24.3 Å². The highest BCUT2D eigenvalue weighted by Crippen LogP contribution is 2.20. The van der Waals surface area contributed by atoms with Crippen molar-refractivity contribution in [3.63, 3.8) is 0 Å². The van der Waals surface area contributed by atoms with Gasteiger partial charge in [0.15, 0.2) is 6.61 Å². The van der Waals surface area contributed by atoms with E-state index in [1.54, 1.807) is 31.2 Å². The monoisotopic (exact) mass is 280 g/mol. The zero-order valence-corrected chi connectivity index (χ0v) is 11.9. The summed E-state index contributed by atoms with van der Waals surface area (Å²) in [7, 11) is 1.50. The molecular formula is C14H20N2O4. The predicted molar refractivity (Wildman–Crippen MR) is 75.5 cm³/mol. The number of nitrogens with one attached hydrogen (secondary N) is 1. The van der Waals surface area contributed by atoms with Gasteiger partial charge in [0, 0.05) is 12.8 Å². The maximum absolute atomic E-state index is 12.1. The molecule has 0 radical (unpaired) electrons. The first-order chi connectivity index (χ1) is 9.41. The van der Waals surface area contributed by atoms with E-state index in [-0.39, 0.29) is 12.5 Å². The summed E-state index contributed by atoms with van der Waals surface area (Å²) in [5, 5.41) is 2.77. The third-order valence-corrected chi connectivity index (χ3v) is 3.10. The van der Waals surface area contributed by atoms with E-state index >= 15 is 0 Å². The van der Waals surface area contributed by atoms with E-state index in [0.29, 0.717) is 17.9 Å². The molecule has 1 aromatic carbocycles. The zero-order valence-electron chi connectivity index (χ0n) is 11.9. The van der Waals surface area contributed by atoms with Crippen molar-refractivity contribution in [2.75, 3.05) is 19.0 Å². The highest BCUT2D eigenvalue weighted by Gasteiger charge is 2.30. The molecule has 20 heavy (non-hydrogen) atoms. The quantitative estimate of drug-likeness (QED) is 0.787. The lowest BCUT2D eigenvalue weighted by Crippen LogP contribution is -2.41. The van der Waals surface area contributed by atoms with Crippen molar-refractivity contribution in [3.05, 3.63) is 24.3 Å². The molecule has 1 aromatic rings. The first kappa shape index (κ1) is 16.0. The van der Waals surface area contributed by atoms with Gasteiger partial charge in [-0.3, -0.25) is 9.59 Å². The maximum atomic E-state index is 12.1. The number of methoxy groups -OCH3 is 1. The molecule has 0 aliphatic rings. The fourth-order valence-corrected chi connectivity index (χ4v) is 1.45. The number of hydrogen-bond donors (Lipinski definition) is 2. The summed E-state index contributed by atoms with van der Waals surface area (Å²) >= 11 is 0. The second kappa shape index (κ2) is 6.91. The number of ether oxygens (including phenoxy) is 2. The molecule has 0 saturated carbocycles. The molecule has 0 aliphatic heterocycles. The van der Waals surface area contributed by atoms with Gasteiger partial charge in [0.2, 0.25) is 0 Å². The van der Waals surface area contributed by atoms with Crippen molar-refractivity contribution >= 4 is 17.5 Å². The predicted octanol–water partition coefficient (Wildman–Crippen LogP) is 1.30. The van der Waals surface area contributed by atoms with Crippen LogP contribution in [0, 0.1) is 0 Å². The van der Waals surface area contributed by atoms with Crippen molar-refractivity contribution in [2.24, 2.45) is 5.73 Å². The number of benzene rings is 1. The summed E-state index contributed by atoms with van der Waals surface area (Å²) < 4.78 is 10.3. The Balaban J connectivity index is 2.65. The first-order valence-corrected chi connectivity index (χ1v) is 6.29. The number of anilines is 1. The highest BCUT2D eigenvalue weighted by atomic mass is 16.5. The molecule has 2 amide bonds. The van der Waals surface area contributed by atoms with Crippen molar-refractivity contribution < 1.29 is 19.1 Å². The SMILES string of the molecule is CCC(C)(OC)C(=O)Nc1ccc(OCC(N)=O)cc1. The van der Waals surface area contributed by atoms with E-state index in [9.17, 15) is 9.59 Å². The Morgan fingerprint density at radius 2 is 1.90 bits per heavy atom. The van der Waals surface area contributed by atoms with Crippen LogP contribution in [0.1, 0.15) is 20.3 Å². The van der Waals surface area contributed by atoms with Gasteiger partial charge in [0.25, 0.3) is 11.8 Å². The summed E-state index contributed by atoms with van der Waals surface area (Å²) in [6, 6.07) is 6.66. The standard InChI is InChI=1S/C14H20N2O4/c1-4-14(2,19-3)13(18)16-10-5-7-11(8-6-10)20-9-12(15)17/h5-8H,4,9H2,1-3H3,(H2,15,17)(H,16,18). The number of carbonyl (C=O) groups excluding carboxylic acids is 2. The Labute approximate surface area is 118 Å². The zero-order chi connectivity index (χ0) is 15.2. The third-order valence-electron chi connectivity index (χ3n) is 3.10. The summed E-state index contributed by atoms with van der Waals surface area (Å²) in [6.07, 6.45) is 0.565. The Kier molecular flexibility index (Phi) is 5.52. The van der Waals surface area contributed by atoms with Crippen LogP contribution < -0.4 is 15.8 Å². The van der Waals surface area contributed by atoms with Crippen LogP contribution >= 0.6 is 0 Å². The molecule has 0 spiro atoms. The van der Waals surface area contributed by atoms with Crippen LogP contribution in [0.2, 0.25) is 0 Å². The number of rotatable bonds is 7. The van der Waals surface area contributed by atoms with Crippen LogP contribution in [0.25, 0.3) is 0 Å². The van der Waals surface area contributed by atoms with Gasteiger partial charge in [-0.05, 0) is 37.6 Å². The molecule has 1 unspecified atom stereocenters. The molecule has 0 heterocycles. The van der Waals surface area contributed by atoms with Gasteiger partial charge in [-0.25, -0.2) is 0 Å². The smallest absolute Gasteiger partial charge is 0.256 e. The van der Waals surface area contributed by atoms with Crippen molar-refractivity contribution in [1.29, 1.82) is 0 Å². The lowest BCUT2D eigenvalue weighted by atomic mass is 10.0. The average molecular weight is 280 g/mol. The van der Waals surface area contributed by atoms with Crippen molar-refractivity contribution in [1.82, 2.24) is 0 Å². The van der Waals surface area contributed by atoms with Gasteiger partial charge < -0.3 is 20.5 Å². The van der Waals surface area contributed by atoms with Gasteiger partial charge in [-0.1, -0.05) is 6.92 Å². The number of primary amides is 1. The minimum Gasteiger partial charge on any atom is -0.484 e.